The van der Waals surface area contributed by atoms with Gasteiger partial charge < -0.3 is 10.1 Å². The van der Waals surface area contributed by atoms with E-state index >= 15 is 0 Å². The molecule has 1 aliphatic carbocycles. The zero-order valence-electron chi connectivity index (χ0n) is 11.6. The molecule has 0 atom stereocenters. The summed E-state index contributed by atoms with van der Waals surface area (Å²) in [5.74, 6) is 0. The lowest BCUT2D eigenvalue weighted by molar-refractivity contribution is -0.0139. The summed E-state index contributed by atoms with van der Waals surface area (Å²) in [6.45, 7) is 7.14. The minimum Gasteiger partial charge on any atom is -0.376 e. The van der Waals surface area contributed by atoms with Crippen molar-refractivity contribution in [3.63, 3.8) is 0 Å². The third kappa shape index (κ3) is 3.82. The Bertz CT molecular complexity index is 343. The molecule has 0 spiro atoms. The van der Waals surface area contributed by atoms with Gasteiger partial charge in [0.15, 0.2) is 0 Å². The molecule has 1 aromatic carbocycles. The summed E-state index contributed by atoms with van der Waals surface area (Å²) in [5.41, 5.74) is 1.67. The second kappa shape index (κ2) is 6.35. The second-order valence-corrected chi connectivity index (χ2v) is 5.87. The van der Waals surface area contributed by atoms with Crippen LogP contribution in [0.15, 0.2) is 30.3 Å². The third-order valence-corrected chi connectivity index (χ3v) is 3.82. The van der Waals surface area contributed by atoms with Gasteiger partial charge in [0, 0.05) is 18.0 Å². The fraction of sp³-hybridized carbons (Fsp3) is 0.625. The van der Waals surface area contributed by atoms with Crippen LogP contribution in [0.1, 0.15) is 38.7 Å². The molecule has 0 saturated heterocycles. The van der Waals surface area contributed by atoms with E-state index in [1.54, 1.807) is 0 Å². The maximum Gasteiger partial charge on any atom is 0.0717 e. The molecule has 1 aromatic rings. The monoisotopic (exact) mass is 247 g/mol. The summed E-state index contributed by atoms with van der Waals surface area (Å²) in [5, 5.41) is 3.56. The summed E-state index contributed by atoms with van der Waals surface area (Å²) in [6.07, 6.45) is 3.97. The molecule has 0 bridgehead atoms. The van der Waals surface area contributed by atoms with Crippen LogP contribution in [0.3, 0.4) is 0 Å². The molecule has 100 valence electrons. The maximum absolute atomic E-state index is 5.92. The van der Waals surface area contributed by atoms with Gasteiger partial charge in [-0.15, -0.1) is 0 Å². The molecule has 1 saturated carbocycles. The molecule has 2 nitrogen and oxygen atoms in total. The lowest BCUT2D eigenvalue weighted by Crippen LogP contribution is -2.45. The number of ether oxygens (including phenoxy) is 1. The van der Waals surface area contributed by atoms with Crippen molar-refractivity contribution in [3.05, 3.63) is 35.9 Å². The van der Waals surface area contributed by atoms with Crippen molar-refractivity contribution < 1.29 is 4.74 Å². The highest BCUT2D eigenvalue weighted by Gasteiger charge is 2.36. The van der Waals surface area contributed by atoms with Gasteiger partial charge in [-0.1, -0.05) is 50.6 Å². The lowest BCUT2D eigenvalue weighted by Gasteiger charge is -2.42. The van der Waals surface area contributed by atoms with Crippen LogP contribution in [0.25, 0.3) is 0 Å². The molecule has 0 unspecified atom stereocenters. The van der Waals surface area contributed by atoms with E-state index in [0.717, 1.165) is 19.8 Å². The molecular weight excluding hydrogens is 222 g/mol. The number of rotatable bonds is 7. The molecule has 0 radical (unpaired) electrons. The summed E-state index contributed by atoms with van der Waals surface area (Å²) in [7, 11) is 0. The van der Waals surface area contributed by atoms with Crippen molar-refractivity contribution >= 4 is 0 Å². The average Bonchev–Trinajstić information content (AvgIpc) is 2.32. The standard InChI is InChI=1S/C16H25NO/c1-14(2)17-12-16(9-6-10-16)13-18-11-15-7-4-3-5-8-15/h3-5,7-8,14,17H,6,9-13H2,1-2H3. The Balaban J connectivity index is 1.74. The Kier molecular flexibility index (Phi) is 4.79. The second-order valence-electron chi connectivity index (χ2n) is 5.87. The van der Waals surface area contributed by atoms with Crippen molar-refractivity contribution in [1.82, 2.24) is 5.32 Å². The first kappa shape index (κ1) is 13.6. The number of hydrogen-bond donors (Lipinski definition) is 1. The number of hydrogen-bond acceptors (Lipinski definition) is 2. The van der Waals surface area contributed by atoms with Crippen LogP contribution in [-0.4, -0.2) is 19.2 Å². The first-order chi connectivity index (χ1) is 8.70. The van der Waals surface area contributed by atoms with E-state index in [-0.39, 0.29) is 0 Å². The predicted molar refractivity (Wildman–Crippen MR) is 75.5 cm³/mol. The number of nitrogens with one attached hydrogen (secondary N) is 1. The van der Waals surface area contributed by atoms with Gasteiger partial charge in [0.05, 0.1) is 13.2 Å². The van der Waals surface area contributed by atoms with E-state index in [9.17, 15) is 0 Å². The van der Waals surface area contributed by atoms with Crippen LogP contribution in [0, 0.1) is 5.41 Å². The number of benzene rings is 1. The molecule has 0 aromatic heterocycles. The van der Waals surface area contributed by atoms with Gasteiger partial charge in [-0.25, -0.2) is 0 Å². The zero-order chi connectivity index (χ0) is 12.8. The van der Waals surface area contributed by atoms with Crippen molar-refractivity contribution in [2.45, 2.75) is 45.8 Å². The summed E-state index contributed by atoms with van der Waals surface area (Å²) in [4.78, 5) is 0. The highest BCUT2D eigenvalue weighted by atomic mass is 16.5. The van der Waals surface area contributed by atoms with Crippen LogP contribution >= 0.6 is 0 Å². The SMILES string of the molecule is CC(C)NCC1(COCc2ccccc2)CCC1. The Morgan fingerprint density at radius 3 is 2.50 bits per heavy atom. The molecule has 18 heavy (non-hydrogen) atoms. The molecule has 2 heteroatoms. The van der Waals surface area contributed by atoms with Crippen molar-refractivity contribution in [3.8, 4) is 0 Å². The topological polar surface area (TPSA) is 21.3 Å². The average molecular weight is 247 g/mol. The molecule has 2 rings (SSSR count). The fourth-order valence-corrected chi connectivity index (χ4v) is 2.43. The Hall–Kier alpha value is -0.860. The summed E-state index contributed by atoms with van der Waals surface area (Å²) < 4.78 is 5.92. The minimum absolute atomic E-state index is 0.402. The smallest absolute Gasteiger partial charge is 0.0717 e. The van der Waals surface area contributed by atoms with E-state index in [1.165, 1.54) is 24.8 Å². The van der Waals surface area contributed by atoms with Crippen molar-refractivity contribution in [2.75, 3.05) is 13.2 Å². The van der Waals surface area contributed by atoms with E-state index in [2.05, 4.69) is 43.4 Å². The van der Waals surface area contributed by atoms with Crippen LogP contribution in [-0.2, 0) is 11.3 Å². The molecule has 0 aliphatic heterocycles. The van der Waals surface area contributed by atoms with Gasteiger partial charge in [0.2, 0.25) is 0 Å². The van der Waals surface area contributed by atoms with Crippen molar-refractivity contribution in [2.24, 2.45) is 5.41 Å². The Morgan fingerprint density at radius 1 is 1.22 bits per heavy atom. The van der Waals surface area contributed by atoms with E-state index in [0.29, 0.717) is 11.5 Å². The van der Waals surface area contributed by atoms with Crippen LogP contribution in [0.2, 0.25) is 0 Å². The van der Waals surface area contributed by atoms with Gasteiger partial charge in [-0.2, -0.15) is 0 Å². The van der Waals surface area contributed by atoms with E-state index in [4.69, 9.17) is 4.74 Å². The molecule has 1 fully saturated rings. The quantitative estimate of drug-likeness (QED) is 0.797. The lowest BCUT2D eigenvalue weighted by atomic mass is 9.69. The van der Waals surface area contributed by atoms with Crippen LogP contribution in [0.4, 0.5) is 0 Å². The normalized spacial score (nSPS) is 17.7. The van der Waals surface area contributed by atoms with Gasteiger partial charge in [-0.05, 0) is 18.4 Å². The van der Waals surface area contributed by atoms with Gasteiger partial charge in [0.1, 0.15) is 0 Å². The Morgan fingerprint density at radius 2 is 1.94 bits per heavy atom. The maximum atomic E-state index is 5.92. The van der Waals surface area contributed by atoms with Gasteiger partial charge in [0.25, 0.3) is 0 Å². The van der Waals surface area contributed by atoms with Gasteiger partial charge in [-0.3, -0.25) is 0 Å². The molecule has 0 heterocycles. The van der Waals surface area contributed by atoms with Crippen molar-refractivity contribution in [1.29, 1.82) is 0 Å². The van der Waals surface area contributed by atoms with E-state index in [1.807, 2.05) is 6.07 Å². The molecule has 0 amide bonds. The highest BCUT2D eigenvalue weighted by molar-refractivity contribution is 5.13. The summed E-state index contributed by atoms with van der Waals surface area (Å²) >= 11 is 0. The molecular formula is C16H25NO. The first-order valence-corrected chi connectivity index (χ1v) is 7.05. The minimum atomic E-state index is 0.402. The molecule has 1 aliphatic rings. The van der Waals surface area contributed by atoms with Gasteiger partial charge >= 0.3 is 0 Å². The molecule has 1 N–H and O–H groups in total. The largest absolute Gasteiger partial charge is 0.376 e. The third-order valence-electron chi connectivity index (χ3n) is 3.82. The van der Waals surface area contributed by atoms with E-state index < -0.39 is 0 Å². The highest BCUT2D eigenvalue weighted by Crippen LogP contribution is 2.40. The van der Waals surface area contributed by atoms with Crippen LogP contribution < -0.4 is 5.32 Å². The Labute approximate surface area is 111 Å². The summed E-state index contributed by atoms with van der Waals surface area (Å²) in [6, 6.07) is 11.0. The zero-order valence-corrected chi connectivity index (χ0v) is 11.6. The first-order valence-electron chi connectivity index (χ1n) is 7.05. The van der Waals surface area contributed by atoms with Crippen LogP contribution in [0.5, 0.6) is 0 Å². The fourth-order valence-electron chi connectivity index (χ4n) is 2.43. The predicted octanol–water partition coefficient (Wildman–Crippen LogP) is 3.37.